The Morgan fingerprint density at radius 2 is 0.767 bits per heavy atom. The van der Waals surface area contributed by atoms with Crippen LogP contribution < -0.4 is 18.5 Å². The molecule has 0 aromatic heterocycles. The third kappa shape index (κ3) is 11.5. The first-order valence-electron chi connectivity index (χ1n) is 25.9. The summed E-state index contributed by atoms with van der Waals surface area (Å²) in [6.45, 7) is 34.1. The van der Waals surface area contributed by atoms with E-state index >= 15 is 0 Å². The van der Waals surface area contributed by atoms with Gasteiger partial charge in [-0.1, -0.05) is 159 Å². The summed E-state index contributed by atoms with van der Waals surface area (Å²) in [5, 5.41) is 0. The van der Waals surface area contributed by atoms with E-state index in [4.69, 9.17) is 36.6 Å². The van der Waals surface area contributed by atoms with Crippen molar-refractivity contribution in [3.8, 4) is 23.0 Å². The number of esters is 2. The van der Waals surface area contributed by atoms with Gasteiger partial charge in [0.15, 0.2) is 0 Å². The van der Waals surface area contributed by atoms with E-state index in [1.165, 1.54) is 0 Å². The van der Waals surface area contributed by atoms with E-state index in [9.17, 15) is 18.7 Å². The summed E-state index contributed by atoms with van der Waals surface area (Å²) in [5.74, 6) is -1.39. The van der Waals surface area contributed by atoms with Crippen molar-refractivity contribution in [1.29, 1.82) is 0 Å². The van der Waals surface area contributed by atoms with Gasteiger partial charge in [0.2, 0.25) is 0 Å². The smallest absolute Gasteiger partial charge is 0.425 e. The van der Waals surface area contributed by atoms with Gasteiger partial charge in [-0.25, -0.2) is 9.13 Å². The summed E-state index contributed by atoms with van der Waals surface area (Å²) in [6, 6.07) is 23.0. The van der Waals surface area contributed by atoms with Crippen LogP contribution in [0.3, 0.4) is 0 Å². The maximum absolute atomic E-state index is 14.6. The lowest BCUT2D eigenvalue weighted by atomic mass is 9.71. The molecule has 2 unspecified atom stereocenters. The zero-order chi connectivity index (χ0) is 53.5. The number of fused-ring (bicyclic) bond motifs is 2. The number of rotatable bonds is 14. The Kier molecular flexibility index (Phi) is 14.4. The highest BCUT2D eigenvalue weighted by atomic mass is 31.2. The molecule has 4 aromatic carbocycles. The molecule has 14 heteroatoms. The molecule has 12 nitrogen and oxygen atoms in total. The van der Waals surface area contributed by atoms with Gasteiger partial charge in [-0.15, -0.1) is 0 Å². The minimum absolute atomic E-state index is 0.00302. The highest BCUT2D eigenvalue weighted by molar-refractivity contribution is 7.49. The molecule has 4 aliphatic rings. The van der Waals surface area contributed by atoms with E-state index in [1.54, 1.807) is 12.1 Å². The van der Waals surface area contributed by atoms with Gasteiger partial charge in [0.05, 0.1) is 31.8 Å². The first kappa shape index (κ1) is 55.0. The topological polar surface area (TPSA) is 142 Å². The molecule has 1 spiro atoms. The van der Waals surface area contributed by atoms with Gasteiger partial charge in [-0.3, -0.25) is 27.7 Å². The van der Waals surface area contributed by atoms with Crippen molar-refractivity contribution in [2.24, 2.45) is 16.2 Å². The molecule has 0 bridgehead atoms. The van der Waals surface area contributed by atoms with E-state index in [2.05, 4.69) is 117 Å². The van der Waals surface area contributed by atoms with Crippen LogP contribution in [-0.4, -0.2) is 38.4 Å². The van der Waals surface area contributed by atoms with Crippen molar-refractivity contribution in [2.45, 2.75) is 170 Å². The zero-order valence-electron chi connectivity index (χ0n) is 46.0. The van der Waals surface area contributed by atoms with Crippen LogP contribution in [0, 0.1) is 16.2 Å². The lowest BCUT2D eigenvalue weighted by Crippen LogP contribution is -2.46. The van der Waals surface area contributed by atoms with Crippen LogP contribution in [0.15, 0.2) is 72.8 Å². The minimum Gasteiger partial charge on any atom is -0.425 e. The van der Waals surface area contributed by atoms with Crippen molar-refractivity contribution < 1.29 is 55.3 Å². The van der Waals surface area contributed by atoms with Gasteiger partial charge in [0.25, 0.3) is 0 Å². The maximum Gasteiger partial charge on any atom is 0.530 e. The average Bonchev–Trinajstić information content (AvgIpc) is 3.80. The Balaban J connectivity index is 1.04. The highest BCUT2D eigenvalue weighted by Gasteiger charge is 2.52. The molecule has 0 saturated carbocycles. The largest absolute Gasteiger partial charge is 0.530 e. The summed E-state index contributed by atoms with van der Waals surface area (Å²) >= 11 is 0. The molecular weight excluding hydrogens is 963 g/mol. The Hall–Kier alpha value is -4.28. The second-order valence-electron chi connectivity index (χ2n) is 26.1. The summed E-state index contributed by atoms with van der Waals surface area (Å²) in [7, 11) is -8.64. The number of phosphoric ester groups is 2. The van der Waals surface area contributed by atoms with Crippen molar-refractivity contribution in [1.82, 2.24) is 0 Å². The summed E-state index contributed by atoms with van der Waals surface area (Å²) in [4.78, 5) is 27.9. The predicted molar refractivity (Wildman–Crippen MR) is 284 cm³/mol. The molecule has 2 fully saturated rings. The third-order valence-electron chi connectivity index (χ3n) is 15.5. The quantitative estimate of drug-likeness (QED) is 0.0674. The number of carbonyl (C=O) groups excluding carboxylic acids is 2. The molecular formula is C59H78O12P2. The number of carbonyl (C=O) groups is 2. The fraction of sp³-hybridized carbons (Fsp3) is 0.559. The van der Waals surface area contributed by atoms with Gasteiger partial charge in [0.1, 0.15) is 34.8 Å². The predicted octanol–water partition coefficient (Wildman–Crippen LogP) is 15.3. The first-order chi connectivity index (χ1) is 33.7. The van der Waals surface area contributed by atoms with Crippen molar-refractivity contribution in [2.75, 3.05) is 26.4 Å². The standard InChI is InChI=1S/C59H78O12P2/c1-17-55(9,10)37-19-23-45-41(27-37)49(51(60)68-45)43-28-38(56(11,12)18-2)21-25-47(43)70-72(62)64-33-59(34-65-72)35-66-73(63,67-36-59)71-48-26-22-40(58(15,16)32-54(6,7)8)30-44(48)50-42-29-39(20-24-46(42)69-52(50)61)57(13,14)31-53(3,4)5/h19-30,49-50H,17-18,31-36H2,1-16H3. The van der Waals surface area contributed by atoms with Gasteiger partial charge < -0.3 is 18.5 Å². The van der Waals surface area contributed by atoms with Gasteiger partial charge in [-0.2, -0.15) is 0 Å². The number of phosphoric acid groups is 2. The second kappa shape index (κ2) is 19.1. The number of ether oxygens (including phenoxy) is 2. The highest BCUT2D eigenvalue weighted by Crippen LogP contribution is 2.62. The van der Waals surface area contributed by atoms with Gasteiger partial charge >= 0.3 is 27.6 Å². The van der Waals surface area contributed by atoms with Crippen LogP contribution in [0.4, 0.5) is 0 Å². The normalized spacial score (nSPS) is 24.8. The number of hydrogen-bond donors (Lipinski definition) is 0. The molecule has 2 saturated heterocycles. The van der Waals surface area contributed by atoms with Crippen LogP contribution in [0.5, 0.6) is 23.0 Å². The molecule has 73 heavy (non-hydrogen) atoms. The SMILES string of the molecule is CCC(C)(C)c1ccc2c(c1)C(c1cc(C(C)(C)CC)ccc1OP1(=O)OCC3(CO1)COP(=O)(Oc1ccc(C(C)(C)CC(C)(C)C)cc1C1C(=O)Oc4ccc(C(C)(C)CC(C)(C)C)cc41)OC3)C(=O)O2. The Morgan fingerprint density at radius 3 is 1.08 bits per heavy atom. The van der Waals surface area contributed by atoms with Crippen molar-refractivity contribution >= 4 is 27.6 Å². The Labute approximate surface area is 434 Å². The van der Waals surface area contributed by atoms with E-state index in [0.717, 1.165) is 47.9 Å². The van der Waals surface area contributed by atoms with Gasteiger partial charge in [-0.05, 0) is 105 Å². The minimum atomic E-state index is -4.33. The molecule has 0 aliphatic carbocycles. The summed E-state index contributed by atoms with van der Waals surface area (Å²) in [5.41, 5.74) is 4.56. The maximum atomic E-state index is 14.6. The van der Waals surface area contributed by atoms with Crippen LogP contribution in [0.2, 0.25) is 0 Å². The molecule has 0 N–H and O–H groups in total. The molecule has 0 radical (unpaired) electrons. The fourth-order valence-electron chi connectivity index (χ4n) is 11.1. The molecule has 4 heterocycles. The van der Waals surface area contributed by atoms with Crippen molar-refractivity contribution in [3.63, 3.8) is 0 Å². The second-order valence-corrected chi connectivity index (χ2v) is 29.3. The molecule has 4 aliphatic heterocycles. The van der Waals surface area contributed by atoms with Crippen LogP contribution in [-0.2, 0) is 58.5 Å². The molecule has 396 valence electrons. The average molecular weight is 1040 g/mol. The summed E-state index contributed by atoms with van der Waals surface area (Å²) < 4.78 is 77.4. The van der Waals surface area contributed by atoms with E-state index in [-0.39, 0.29) is 70.4 Å². The lowest BCUT2D eigenvalue weighted by Gasteiger charge is -2.41. The van der Waals surface area contributed by atoms with Crippen LogP contribution in [0.1, 0.15) is 193 Å². The first-order valence-corrected chi connectivity index (χ1v) is 28.8. The molecule has 0 amide bonds. The van der Waals surface area contributed by atoms with E-state index in [0.29, 0.717) is 33.8 Å². The van der Waals surface area contributed by atoms with Gasteiger partial charge in [0, 0.05) is 22.3 Å². The number of benzene rings is 4. The van der Waals surface area contributed by atoms with E-state index in [1.807, 2.05) is 54.6 Å². The lowest BCUT2D eigenvalue weighted by molar-refractivity contribution is -0.134. The fourth-order valence-corrected chi connectivity index (χ4v) is 14.0. The molecule has 2 atom stereocenters. The Bertz CT molecular complexity index is 2870. The van der Waals surface area contributed by atoms with E-state index < -0.39 is 44.8 Å². The molecule has 4 aromatic rings. The third-order valence-corrected chi connectivity index (χ3v) is 18.2. The summed E-state index contributed by atoms with van der Waals surface area (Å²) in [6.07, 6.45) is 3.46. The molecule has 8 rings (SSSR count). The van der Waals surface area contributed by atoms with Crippen molar-refractivity contribution in [3.05, 3.63) is 117 Å². The van der Waals surface area contributed by atoms with Crippen LogP contribution in [0.25, 0.3) is 0 Å². The van der Waals surface area contributed by atoms with Crippen LogP contribution >= 0.6 is 15.6 Å². The monoisotopic (exact) mass is 1040 g/mol. The number of hydrogen-bond acceptors (Lipinski definition) is 12. The Morgan fingerprint density at radius 1 is 0.466 bits per heavy atom. The zero-order valence-corrected chi connectivity index (χ0v) is 47.8.